The molecule has 0 spiro atoms. The predicted octanol–water partition coefficient (Wildman–Crippen LogP) is 2.87. The topological polar surface area (TPSA) is 75.3 Å². The second kappa shape index (κ2) is 9.49. The molecule has 7 heteroatoms. The van der Waals surface area contributed by atoms with E-state index >= 15 is 0 Å². The van der Waals surface area contributed by atoms with E-state index in [0.717, 1.165) is 35.3 Å². The molecule has 0 fully saturated rings. The highest BCUT2D eigenvalue weighted by molar-refractivity contribution is 14.0. The molecule has 126 valence electrons. The molecule has 0 aromatic carbocycles. The zero-order valence-corrected chi connectivity index (χ0v) is 16.3. The molecule has 0 unspecified atom stereocenters. The lowest BCUT2D eigenvalue weighted by atomic mass is 10.3. The molecule has 0 amide bonds. The maximum absolute atomic E-state index is 5.55. The average molecular weight is 429 g/mol. The summed E-state index contributed by atoms with van der Waals surface area (Å²) in [7, 11) is 0. The van der Waals surface area contributed by atoms with Crippen molar-refractivity contribution in [2.24, 2.45) is 4.99 Å². The molecule has 2 heterocycles. The Morgan fingerprint density at radius 2 is 1.96 bits per heavy atom. The maximum Gasteiger partial charge on any atom is 0.214 e. The van der Waals surface area contributed by atoms with Crippen molar-refractivity contribution in [3.05, 3.63) is 46.9 Å². The minimum Gasteiger partial charge on any atom is -0.444 e. The number of guanidine groups is 1. The second-order valence-corrected chi connectivity index (χ2v) is 5.07. The quantitative estimate of drug-likeness (QED) is 0.435. The van der Waals surface area contributed by atoms with E-state index in [1.54, 1.807) is 0 Å². The van der Waals surface area contributed by atoms with Crippen LogP contribution in [0.5, 0.6) is 0 Å². The van der Waals surface area contributed by atoms with Gasteiger partial charge in [-0.05, 0) is 39.8 Å². The van der Waals surface area contributed by atoms with Crippen LogP contribution in [0.2, 0.25) is 0 Å². The van der Waals surface area contributed by atoms with Gasteiger partial charge in [-0.15, -0.1) is 24.0 Å². The Hall–Kier alpha value is -1.64. The third kappa shape index (κ3) is 6.17. The summed E-state index contributed by atoms with van der Waals surface area (Å²) in [4.78, 5) is 13.3. The van der Waals surface area contributed by atoms with Gasteiger partial charge in [-0.25, -0.2) is 9.98 Å². The Balaban J connectivity index is 0.00000264. The summed E-state index contributed by atoms with van der Waals surface area (Å²) in [5, 5.41) is 6.42. The van der Waals surface area contributed by atoms with Crippen molar-refractivity contribution in [1.82, 2.24) is 20.6 Å². The number of aryl methyl sites for hydroxylation is 3. The fraction of sp³-hybridized carbons (Fsp3) is 0.438. The molecule has 6 nitrogen and oxygen atoms in total. The minimum absolute atomic E-state index is 0. The van der Waals surface area contributed by atoms with Crippen LogP contribution in [-0.4, -0.2) is 22.5 Å². The normalized spacial score (nSPS) is 11.0. The van der Waals surface area contributed by atoms with Crippen LogP contribution < -0.4 is 10.6 Å². The van der Waals surface area contributed by atoms with Crippen LogP contribution in [0.25, 0.3) is 0 Å². The summed E-state index contributed by atoms with van der Waals surface area (Å²) in [6.45, 7) is 9.67. The van der Waals surface area contributed by atoms with Crippen molar-refractivity contribution in [1.29, 1.82) is 0 Å². The fourth-order valence-corrected chi connectivity index (χ4v) is 1.96. The number of pyridine rings is 1. The van der Waals surface area contributed by atoms with Crippen molar-refractivity contribution in [3.8, 4) is 0 Å². The molecule has 0 aliphatic carbocycles. The summed E-state index contributed by atoms with van der Waals surface area (Å²) in [6, 6.07) is 5.94. The number of rotatable bonds is 5. The first-order chi connectivity index (χ1) is 10.6. The second-order valence-electron chi connectivity index (χ2n) is 5.07. The molecule has 23 heavy (non-hydrogen) atoms. The Labute approximate surface area is 154 Å². The number of nitrogens with zero attached hydrogens (tertiary/aromatic N) is 3. The zero-order valence-electron chi connectivity index (χ0n) is 14.0. The lowest BCUT2D eigenvalue weighted by Crippen LogP contribution is -2.36. The number of nitrogens with one attached hydrogen (secondary N) is 2. The Bertz CT molecular complexity index is 634. The average Bonchev–Trinajstić information content (AvgIpc) is 2.81. The molecule has 2 rings (SSSR count). The standard InChI is InChI=1S/C16H23N5O.HI/c1-5-17-16(18-9-14-8-6-7-11(2)20-14)19-10-15-21-12(3)13(4)22-15;/h6-8H,5,9-10H2,1-4H3,(H2,17,18,19);1H. The lowest BCUT2D eigenvalue weighted by Gasteiger charge is -2.09. The van der Waals surface area contributed by atoms with Gasteiger partial charge < -0.3 is 15.1 Å². The Morgan fingerprint density at radius 3 is 2.57 bits per heavy atom. The first kappa shape index (κ1) is 19.4. The van der Waals surface area contributed by atoms with Gasteiger partial charge in [0, 0.05) is 12.2 Å². The van der Waals surface area contributed by atoms with Crippen LogP contribution >= 0.6 is 24.0 Å². The van der Waals surface area contributed by atoms with E-state index in [1.807, 2.05) is 45.9 Å². The molecule has 0 radical (unpaired) electrons. The number of aromatic nitrogens is 2. The third-order valence-electron chi connectivity index (χ3n) is 3.17. The lowest BCUT2D eigenvalue weighted by molar-refractivity contribution is 0.463. The van der Waals surface area contributed by atoms with Crippen LogP contribution in [0.3, 0.4) is 0 Å². The first-order valence-corrected chi connectivity index (χ1v) is 7.46. The predicted molar refractivity (Wildman–Crippen MR) is 102 cm³/mol. The number of hydrogen-bond donors (Lipinski definition) is 2. The first-order valence-electron chi connectivity index (χ1n) is 7.46. The van der Waals surface area contributed by atoms with Gasteiger partial charge in [0.15, 0.2) is 5.96 Å². The molecule has 2 N–H and O–H groups in total. The molecular formula is C16H24IN5O. The molecule has 0 bridgehead atoms. The van der Waals surface area contributed by atoms with E-state index < -0.39 is 0 Å². The van der Waals surface area contributed by atoms with Crippen LogP contribution in [0.15, 0.2) is 27.6 Å². The van der Waals surface area contributed by atoms with Crippen molar-refractivity contribution in [2.45, 2.75) is 40.8 Å². The minimum atomic E-state index is 0. The smallest absolute Gasteiger partial charge is 0.214 e. The van der Waals surface area contributed by atoms with E-state index in [1.165, 1.54) is 0 Å². The van der Waals surface area contributed by atoms with Gasteiger partial charge in [-0.3, -0.25) is 4.98 Å². The monoisotopic (exact) mass is 429 g/mol. The molecule has 0 saturated carbocycles. The van der Waals surface area contributed by atoms with Gasteiger partial charge in [-0.2, -0.15) is 0 Å². The number of oxazole rings is 1. The van der Waals surface area contributed by atoms with Crippen molar-refractivity contribution in [2.75, 3.05) is 6.54 Å². The van der Waals surface area contributed by atoms with Crippen LogP contribution in [0.4, 0.5) is 0 Å². The molecule has 0 aliphatic heterocycles. The summed E-state index contributed by atoms with van der Waals surface area (Å²) >= 11 is 0. The van der Waals surface area contributed by atoms with E-state index in [2.05, 4.69) is 25.6 Å². The summed E-state index contributed by atoms with van der Waals surface area (Å²) in [6.07, 6.45) is 0. The molecule has 2 aromatic rings. The third-order valence-corrected chi connectivity index (χ3v) is 3.17. The summed E-state index contributed by atoms with van der Waals surface area (Å²) < 4.78 is 5.55. The maximum atomic E-state index is 5.55. The van der Waals surface area contributed by atoms with Gasteiger partial charge in [0.25, 0.3) is 0 Å². The highest BCUT2D eigenvalue weighted by Gasteiger charge is 2.06. The van der Waals surface area contributed by atoms with Gasteiger partial charge in [0.05, 0.1) is 24.5 Å². The van der Waals surface area contributed by atoms with E-state index in [4.69, 9.17) is 4.42 Å². The zero-order chi connectivity index (χ0) is 15.9. The van der Waals surface area contributed by atoms with Gasteiger partial charge in [-0.1, -0.05) is 6.07 Å². The van der Waals surface area contributed by atoms with Gasteiger partial charge >= 0.3 is 0 Å². The molecule has 0 saturated heterocycles. The Morgan fingerprint density at radius 1 is 1.17 bits per heavy atom. The van der Waals surface area contributed by atoms with Crippen molar-refractivity contribution < 1.29 is 4.42 Å². The van der Waals surface area contributed by atoms with Gasteiger partial charge in [0.1, 0.15) is 5.76 Å². The van der Waals surface area contributed by atoms with E-state index in [9.17, 15) is 0 Å². The molecular weight excluding hydrogens is 405 g/mol. The van der Waals surface area contributed by atoms with Crippen LogP contribution in [0.1, 0.15) is 35.7 Å². The number of hydrogen-bond acceptors (Lipinski definition) is 4. The number of aliphatic imine (C=N–C) groups is 1. The Kier molecular flexibility index (Phi) is 8.01. The van der Waals surface area contributed by atoms with Crippen molar-refractivity contribution in [3.63, 3.8) is 0 Å². The van der Waals surface area contributed by atoms with E-state index in [-0.39, 0.29) is 24.0 Å². The summed E-state index contributed by atoms with van der Waals surface area (Å²) in [5.41, 5.74) is 2.86. The molecule has 2 aromatic heterocycles. The van der Waals surface area contributed by atoms with Crippen LogP contribution in [-0.2, 0) is 13.1 Å². The highest BCUT2D eigenvalue weighted by atomic mass is 127. The molecule has 0 atom stereocenters. The highest BCUT2D eigenvalue weighted by Crippen LogP contribution is 2.07. The van der Waals surface area contributed by atoms with Crippen molar-refractivity contribution >= 4 is 29.9 Å². The van der Waals surface area contributed by atoms with Crippen LogP contribution in [0, 0.1) is 20.8 Å². The SMILES string of the molecule is CCNC(=NCc1cccc(C)n1)NCc1nc(C)c(C)o1.I. The number of halogens is 1. The van der Waals surface area contributed by atoms with E-state index in [0.29, 0.717) is 19.0 Å². The largest absolute Gasteiger partial charge is 0.444 e. The molecule has 0 aliphatic rings. The summed E-state index contributed by atoms with van der Waals surface area (Å²) in [5.74, 6) is 2.23. The fourth-order valence-electron chi connectivity index (χ4n) is 1.96. The van der Waals surface area contributed by atoms with Gasteiger partial charge in [0.2, 0.25) is 5.89 Å².